The van der Waals surface area contributed by atoms with Crippen LogP contribution in [0.2, 0.25) is 5.02 Å². The van der Waals surface area contributed by atoms with E-state index in [4.69, 9.17) is 11.6 Å². The first-order valence-corrected chi connectivity index (χ1v) is 6.03. The summed E-state index contributed by atoms with van der Waals surface area (Å²) in [7, 11) is 1.29. The molecular weight excluding hydrogens is 264 g/mol. The summed E-state index contributed by atoms with van der Waals surface area (Å²) in [4.78, 5) is 11.0. The number of rotatable bonds is 3. The van der Waals surface area contributed by atoms with Gasteiger partial charge in [-0.2, -0.15) is 0 Å². The number of ether oxygens (including phenoxy) is 1. The molecule has 0 heterocycles. The minimum atomic E-state index is -0.582. The zero-order chi connectivity index (χ0) is 13.7. The van der Waals surface area contributed by atoms with Crippen LogP contribution in [0.3, 0.4) is 0 Å². The molecule has 0 bridgehead atoms. The number of carbonyl (C=O) groups is 1. The van der Waals surface area contributed by atoms with E-state index in [1.165, 1.54) is 7.11 Å². The highest BCUT2D eigenvalue weighted by Gasteiger charge is 2.05. The molecule has 19 heavy (non-hydrogen) atoms. The first-order valence-electron chi connectivity index (χ1n) is 5.65. The molecule has 5 heteroatoms. The lowest BCUT2D eigenvalue weighted by Crippen LogP contribution is -2.29. The van der Waals surface area contributed by atoms with Crippen molar-refractivity contribution in [3.8, 4) is 11.1 Å². The van der Waals surface area contributed by atoms with Crippen molar-refractivity contribution in [2.24, 2.45) is 0 Å². The van der Waals surface area contributed by atoms with Gasteiger partial charge < -0.3 is 4.74 Å². The monoisotopic (exact) mass is 276 g/mol. The quantitative estimate of drug-likeness (QED) is 0.841. The van der Waals surface area contributed by atoms with E-state index in [9.17, 15) is 4.79 Å². The van der Waals surface area contributed by atoms with Crippen molar-refractivity contribution in [3.05, 3.63) is 53.6 Å². The summed E-state index contributed by atoms with van der Waals surface area (Å²) in [6.07, 6.45) is -0.582. The molecule has 0 radical (unpaired) electrons. The fraction of sp³-hybridized carbons (Fsp3) is 0.0714. The van der Waals surface area contributed by atoms with Crippen LogP contribution in [-0.2, 0) is 4.74 Å². The molecule has 0 saturated carbocycles. The molecule has 4 nitrogen and oxygen atoms in total. The summed E-state index contributed by atoms with van der Waals surface area (Å²) in [5, 5.41) is 0.510. The van der Waals surface area contributed by atoms with Gasteiger partial charge in [0.05, 0.1) is 17.8 Å². The first-order chi connectivity index (χ1) is 9.20. The lowest BCUT2D eigenvalue weighted by molar-refractivity contribution is 0.173. The number of amides is 1. The van der Waals surface area contributed by atoms with Crippen LogP contribution in [0.4, 0.5) is 10.5 Å². The van der Waals surface area contributed by atoms with E-state index in [1.54, 1.807) is 6.07 Å². The van der Waals surface area contributed by atoms with Gasteiger partial charge in [0, 0.05) is 0 Å². The zero-order valence-electron chi connectivity index (χ0n) is 10.3. The number of halogens is 1. The Morgan fingerprint density at radius 3 is 2.53 bits per heavy atom. The molecule has 98 valence electrons. The van der Waals surface area contributed by atoms with Gasteiger partial charge in [-0.05, 0) is 23.3 Å². The van der Waals surface area contributed by atoms with E-state index in [0.717, 1.165) is 11.1 Å². The van der Waals surface area contributed by atoms with Gasteiger partial charge in [0.15, 0.2) is 0 Å². The van der Waals surface area contributed by atoms with Crippen LogP contribution < -0.4 is 10.9 Å². The Morgan fingerprint density at radius 1 is 1.11 bits per heavy atom. The van der Waals surface area contributed by atoms with E-state index >= 15 is 0 Å². The maximum atomic E-state index is 11.0. The maximum absolute atomic E-state index is 11.0. The van der Waals surface area contributed by atoms with E-state index in [1.807, 2.05) is 42.5 Å². The Balaban J connectivity index is 2.22. The van der Waals surface area contributed by atoms with Gasteiger partial charge in [-0.1, -0.05) is 48.0 Å². The average molecular weight is 277 g/mol. The summed E-state index contributed by atoms with van der Waals surface area (Å²) >= 11 is 6.06. The summed E-state index contributed by atoms with van der Waals surface area (Å²) in [6.45, 7) is 0. The number of hydrogen-bond acceptors (Lipinski definition) is 3. The average Bonchev–Trinajstić information content (AvgIpc) is 2.47. The number of nitrogens with one attached hydrogen (secondary N) is 2. The van der Waals surface area contributed by atoms with Crippen molar-refractivity contribution >= 4 is 23.4 Å². The number of benzene rings is 2. The summed E-state index contributed by atoms with van der Waals surface area (Å²) in [5.41, 5.74) is 7.76. The molecule has 2 aromatic rings. The van der Waals surface area contributed by atoms with E-state index in [-0.39, 0.29) is 0 Å². The Kier molecular flexibility index (Phi) is 4.26. The van der Waals surface area contributed by atoms with Crippen LogP contribution >= 0.6 is 11.6 Å². The Bertz CT molecular complexity index is 573. The predicted octanol–water partition coefficient (Wildman–Crippen LogP) is 3.69. The summed E-state index contributed by atoms with van der Waals surface area (Å²) < 4.78 is 4.47. The smallest absolute Gasteiger partial charge is 0.425 e. The summed E-state index contributed by atoms with van der Waals surface area (Å²) in [5.74, 6) is 0. The van der Waals surface area contributed by atoms with Crippen molar-refractivity contribution in [1.29, 1.82) is 0 Å². The minimum Gasteiger partial charge on any atom is -0.452 e. The third-order valence-corrected chi connectivity index (χ3v) is 2.89. The first kappa shape index (κ1) is 13.2. The SMILES string of the molecule is COC(=O)NNc1cc(-c2ccccc2)ccc1Cl. The van der Waals surface area contributed by atoms with Gasteiger partial charge >= 0.3 is 6.09 Å². The second-order valence-corrected chi connectivity index (χ2v) is 4.21. The maximum Gasteiger partial charge on any atom is 0.425 e. The standard InChI is InChI=1S/C14H13ClN2O2/c1-19-14(18)17-16-13-9-11(7-8-12(13)15)10-5-3-2-4-6-10/h2-9,16H,1H3,(H,17,18). The molecule has 0 atom stereocenters. The molecule has 0 aromatic heterocycles. The lowest BCUT2D eigenvalue weighted by Gasteiger charge is -2.11. The normalized spacial score (nSPS) is 9.79. The van der Waals surface area contributed by atoms with Gasteiger partial charge in [-0.3, -0.25) is 5.43 Å². The van der Waals surface area contributed by atoms with Crippen molar-refractivity contribution in [2.45, 2.75) is 0 Å². The fourth-order valence-electron chi connectivity index (χ4n) is 1.60. The topological polar surface area (TPSA) is 50.4 Å². The number of hydrogen-bond donors (Lipinski definition) is 2. The van der Waals surface area contributed by atoms with Crippen molar-refractivity contribution in [1.82, 2.24) is 5.43 Å². The molecule has 0 aliphatic rings. The van der Waals surface area contributed by atoms with Gasteiger partial charge in [-0.25, -0.2) is 10.2 Å². The molecule has 0 aliphatic heterocycles. The van der Waals surface area contributed by atoms with Gasteiger partial charge in [0.2, 0.25) is 0 Å². The largest absolute Gasteiger partial charge is 0.452 e. The molecule has 0 saturated heterocycles. The number of carbonyl (C=O) groups excluding carboxylic acids is 1. The van der Waals surface area contributed by atoms with E-state index in [2.05, 4.69) is 15.6 Å². The highest BCUT2D eigenvalue weighted by molar-refractivity contribution is 6.33. The van der Waals surface area contributed by atoms with Gasteiger partial charge in [-0.15, -0.1) is 0 Å². The van der Waals surface area contributed by atoms with Crippen LogP contribution in [0.1, 0.15) is 0 Å². The van der Waals surface area contributed by atoms with Crippen LogP contribution in [-0.4, -0.2) is 13.2 Å². The van der Waals surface area contributed by atoms with Gasteiger partial charge in [0.25, 0.3) is 0 Å². The van der Waals surface area contributed by atoms with Crippen LogP contribution in [0.15, 0.2) is 48.5 Å². The molecular formula is C14H13ClN2O2. The van der Waals surface area contributed by atoms with E-state index in [0.29, 0.717) is 10.7 Å². The van der Waals surface area contributed by atoms with Gasteiger partial charge in [0.1, 0.15) is 0 Å². The van der Waals surface area contributed by atoms with Crippen molar-refractivity contribution in [2.75, 3.05) is 12.5 Å². The molecule has 0 fully saturated rings. The highest BCUT2D eigenvalue weighted by Crippen LogP contribution is 2.28. The number of anilines is 1. The molecule has 2 rings (SSSR count). The molecule has 0 aliphatic carbocycles. The van der Waals surface area contributed by atoms with Crippen LogP contribution in [0.25, 0.3) is 11.1 Å². The molecule has 0 spiro atoms. The van der Waals surface area contributed by atoms with Crippen LogP contribution in [0, 0.1) is 0 Å². The lowest BCUT2D eigenvalue weighted by atomic mass is 10.1. The molecule has 2 aromatic carbocycles. The fourth-order valence-corrected chi connectivity index (χ4v) is 1.77. The van der Waals surface area contributed by atoms with Crippen molar-refractivity contribution in [3.63, 3.8) is 0 Å². The van der Waals surface area contributed by atoms with Crippen molar-refractivity contribution < 1.29 is 9.53 Å². The van der Waals surface area contributed by atoms with Crippen LogP contribution in [0.5, 0.6) is 0 Å². The number of methoxy groups -OCH3 is 1. The molecule has 0 unspecified atom stereocenters. The molecule has 2 N–H and O–H groups in total. The molecule has 1 amide bonds. The minimum absolute atomic E-state index is 0.510. The second kappa shape index (κ2) is 6.11. The van der Waals surface area contributed by atoms with E-state index < -0.39 is 6.09 Å². The Labute approximate surface area is 116 Å². The third-order valence-electron chi connectivity index (χ3n) is 2.56. The predicted molar refractivity (Wildman–Crippen MR) is 76.1 cm³/mol. The summed E-state index contributed by atoms with van der Waals surface area (Å²) in [6, 6.07) is 15.4. The number of hydrazine groups is 1. The third kappa shape index (κ3) is 3.39. The Hall–Kier alpha value is -2.20. The second-order valence-electron chi connectivity index (χ2n) is 3.80. The zero-order valence-corrected chi connectivity index (χ0v) is 11.1. The Morgan fingerprint density at radius 2 is 1.84 bits per heavy atom. The highest BCUT2D eigenvalue weighted by atomic mass is 35.5.